The molecule has 0 amide bonds. The van der Waals surface area contributed by atoms with Crippen LogP contribution < -0.4 is 4.74 Å². The molecule has 0 aliphatic carbocycles. The van der Waals surface area contributed by atoms with Crippen molar-refractivity contribution in [2.24, 2.45) is 0 Å². The Morgan fingerprint density at radius 3 is 2.55 bits per heavy atom. The summed E-state index contributed by atoms with van der Waals surface area (Å²) in [7, 11) is 1.65. The Morgan fingerprint density at radius 1 is 1.55 bits per heavy atom. The van der Waals surface area contributed by atoms with Gasteiger partial charge in [0.2, 0.25) is 0 Å². The van der Waals surface area contributed by atoms with Crippen LogP contribution in [0.15, 0.2) is 18.2 Å². The Balaban J connectivity index is 0.000000461. The quantitative estimate of drug-likeness (QED) is 0.561. The van der Waals surface area contributed by atoms with Gasteiger partial charge >= 0.3 is 30.0 Å². The standard InChI is InChI=1S/C8H9O.BrH.Zn/c1-7-5-3-4-6-8(7)9-2;;/h3-5H,1-2H3;1H;/q-1;;+2/p-1. The molecule has 3 heteroatoms. The summed E-state index contributed by atoms with van der Waals surface area (Å²) in [5.41, 5.74) is 1.12. The van der Waals surface area contributed by atoms with Crippen LogP contribution in [0.3, 0.4) is 0 Å². The number of rotatable bonds is 1. The summed E-state index contributed by atoms with van der Waals surface area (Å²) in [6.07, 6.45) is 0. The Morgan fingerprint density at radius 2 is 2.18 bits per heavy atom. The fourth-order valence-electron chi connectivity index (χ4n) is 0.726. The van der Waals surface area contributed by atoms with Gasteiger partial charge in [-0.15, -0.1) is 11.6 Å². The van der Waals surface area contributed by atoms with E-state index in [9.17, 15) is 0 Å². The maximum atomic E-state index is 4.99. The Bertz CT molecular complexity index is 203. The third-order valence-corrected chi connectivity index (χ3v) is 1.22. The topological polar surface area (TPSA) is 9.23 Å². The summed E-state index contributed by atoms with van der Waals surface area (Å²) in [6, 6.07) is 8.74. The van der Waals surface area contributed by atoms with E-state index in [2.05, 4.69) is 19.7 Å². The maximum absolute atomic E-state index is 4.99. The van der Waals surface area contributed by atoms with Crippen LogP contribution in [0.5, 0.6) is 5.75 Å². The number of methoxy groups -OCH3 is 1. The number of hydrogen-bond donors (Lipinski definition) is 0. The fourth-order valence-corrected chi connectivity index (χ4v) is 0.726. The molecular formula is C8H9BrOZn. The fraction of sp³-hybridized carbons (Fsp3) is 0.250. The third kappa shape index (κ3) is 3.88. The molecule has 1 aromatic carbocycles. The molecule has 0 saturated carbocycles. The van der Waals surface area contributed by atoms with Gasteiger partial charge in [-0.05, 0) is 0 Å². The van der Waals surface area contributed by atoms with E-state index in [1.54, 1.807) is 7.11 Å². The van der Waals surface area contributed by atoms with E-state index in [0.29, 0.717) is 0 Å². The molecule has 0 aliphatic rings. The molecule has 0 saturated heterocycles. The summed E-state index contributed by atoms with van der Waals surface area (Å²) < 4.78 is 4.99. The van der Waals surface area contributed by atoms with Gasteiger partial charge in [0.15, 0.2) is 0 Å². The first-order chi connectivity index (χ1) is 5.34. The minimum absolute atomic E-state index is 0.831. The molecule has 56 valence electrons. The van der Waals surface area contributed by atoms with Crippen molar-refractivity contribution < 1.29 is 21.1 Å². The molecule has 1 nitrogen and oxygen atoms in total. The van der Waals surface area contributed by atoms with Crippen LogP contribution >= 0.6 is 13.6 Å². The molecule has 1 rings (SSSR count). The zero-order valence-corrected chi connectivity index (χ0v) is 11.3. The van der Waals surface area contributed by atoms with Crippen molar-refractivity contribution in [3.05, 3.63) is 29.8 Å². The van der Waals surface area contributed by atoms with Crippen LogP contribution in [0.25, 0.3) is 0 Å². The van der Waals surface area contributed by atoms with Gasteiger partial charge in [-0.3, -0.25) is 0 Å². The van der Waals surface area contributed by atoms with E-state index in [1.807, 2.05) is 25.1 Å². The van der Waals surface area contributed by atoms with Gasteiger partial charge in [-0.2, -0.15) is 18.2 Å². The van der Waals surface area contributed by atoms with Crippen molar-refractivity contribution in [2.75, 3.05) is 7.11 Å². The van der Waals surface area contributed by atoms with Crippen LogP contribution in [0.2, 0.25) is 0 Å². The van der Waals surface area contributed by atoms with E-state index in [0.717, 1.165) is 11.3 Å². The summed E-state index contributed by atoms with van der Waals surface area (Å²) in [4.78, 5) is 0. The second kappa shape index (κ2) is 6.81. The Kier molecular flexibility index (Phi) is 6.89. The van der Waals surface area contributed by atoms with Gasteiger partial charge in [0.05, 0.1) is 7.11 Å². The first-order valence-electron chi connectivity index (χ1n) is 3.12. The zero-order valence-electron chi connectivity index (χ0n) is 6.73. The molecule has 0 radical (unpaired) electrons. The van der Waals surface area contributed by atoms with E-state index >= 15 is 0 Å². The molecule has 0 N–H and O–H groups in total. The first-order valence-corrected chi connectivity index (χ1v) is 10.1. The molecule has 0 fully saturated rings. The molecular weight excluding hydrogens is 257 g/mol. The second-order valence-electron chi connectivity index (χ2n) is 1.89. The van der Waals surface area contributed by atoms with Crippen molar-refractivity contribution in [1.29, 1.82) is 0 Å². The first kappa shape index (κ1) is 11.1. The molecule has 0 spiro atoms. The van der Waals surface area contributed by atoms with E-state index < -0.39 is 0 Å². The summed E-state index contributed by atoms with van der Waals surface area (Å²) in [5.74, 6) is 0.831. The number of ether oxygens (including phenoxy) is 1. The SMILES string of the molecule is COc1[c-]cccc1C.[Zn+][Br]. The zero-order chi connectivity index (χ0) is 8.69. The van der Waals surface area contributed by atoms with E-state index in [4.69, 9.17) is 4.74 Å². The van der Waals surface area contributed by atoms with Crippen molar-refractivity contribution in [1.82, 2.24) is 0 Å². The average Bonchev–Trinajstić information content (AvgIpc) is 2.09. The summed E-state index contributed by atoms with van der Waals surface area (Å²) in [6.45, 7) is 2.00. The van der Waals surface area contributed by atoms with Gasteiger partial charge in [-0.1, -0.05) is 6.92 Å². The van der Waals surface area contributed by atoms with Crippen molar-refractivity contribution in [3.63, 3.8) is 0 Å². The molecule has 11 heavy (non-hydrogen) atoms. The molecule has 0 unspecified atom stereocenters. The second-order valence-corrected chi connectivity index (χ2v) is 1.89. The summed E-state index contributed by atoms with van der Waals surface area (Å²) >= 11 is 4.25. The predicted octanol–water partition coefficient (Wildman–Crippen LogP) is 2.65. The average molecular weight is 266 g/mol. The van der Waals surface area contributed by atoms with Crippen LogP contribution in [-0.4, -0.2) is 7.11 Å². The van der Waals surface area contributed by atoms with E-state index in [1.165, 1.54) is 16.3 Å². The van der Waals surface area contributed by atoms with Crippen LogP contribution in [-0.2, 0) is 16.3 Å². The molecule has 0 aromatic heterocycles. The number of aryl methyl sites for hydroxylation is 1. The molecule has 0 aliphatic heterocycles. The Labute approximate surface area is 84.2 Å². The predicted molar refractivity (Wildman–Crippen MR) is 45.5 cm³/mol. The normalized spacial score (nSPS) is 8.09. The number of halogens is 1. The number of hydrogen-bond acceptors (Lipinski definition) is 1. The van der Waals surface area contributed by atoms with Gasteiger partial charge in [0.1, 0.15) is 0 Å². The van der Waals surface area contributed by atoms with Crippen molar-refractivity contribution >= 4 is 13.6 Å². The molecule has 0 atom stereocenters. The van der Waals surface area contributed by atoms with Crippen LogP contribution in [0, 0.1) is 13.0 Å². The monoisotopic (exact) mass is 264 g/mol. The molecule has 1 aromatic rings. The number of para-hydroxylation sites is 1. The minimum atomic E-state index is 0.831. The molecule has 0 bridgehead atoms. The van der Waals surface area contributed by atoms with Crippen LogP contribution in [0.1, 0.15) is 5.56 Å². The van der Waals surface area contributed by atoms with Crippen LogP contribution in [0.4, 0.5) is 0 Å². The van der Waals surface area contributed by atoms with Crippen molar-refractivity contribution in [3.8, 4) is 5.75 Å². The van der Waals surface area contributed by atoms with E-state index in [-0.39, 0.29) is 0 Å². The number of benzene rings is 1. The third-order valence-electron chi connectivity index (χ3n) is 1.22. The van der Waals surface area contributed by atoms with Gasteiger partial charge in [0.25, 0.3) is 0 Å². The Hall–Kier alpha value is 0.123. The van der Waals surface area contributed by atoms with Gasteiger partial charge in [0, 0.05) is 5.75 Å². The van der Waals surface area contributed by atoms with Gasteiger partial charge in [-0.25, -0.2) is 0 Å². The van der Waals surface area contributed by atoms with Crippen molar-refractivity contribution in [2.45, 2.75) is 6.92 Å². The van der Waals surface area contributed by atoms with Gasteiger partial charge < -0.3 is 4.74 Å². The summed E-state index contributed by atoms with van der Waals surface area (Å²) in [5, 5.41) is 0. The molecule has 0 heterocycles.